The Morgan fingerprint density at radius 3 is 2.50 bits per heavy atom. The maximum atomic E-state index is 13.9. The Morgan fingerprint density at radius 1 is 1.09 bits per heavy atom. The molecule has 0 aliphatic carbocycles. The first kappa shape index (κ1) is 23.2. The molecule has 2 amide bonds. The Bertz CT molecular complexity index is 1120. The third-order valence-electron chi connectivity index (χ3n) is 4.77. The molecule has 1 aromatic heterocycles. The summed E-state index contributed by atoms with van der Waals surface area (Å²) >= 11 is 1.24. The molecule has 0 spiro atoms. The zero-order valence-electron chi connectivity index (χ0n) is 18.1. The Morgan fingerprint density at radius 2 is 1.84 bits per heavy atom. The van der Waals surface area contributed by atoms with Gasteiger partial charge < -0.3 is 20.1 Å². The van der Waals surface area contributed by atoms with Crippen LogP contribution in [0.4, 0.5) is 9.52 Å². The van der Waals surface area contributed by atoms with E-state index < -0.39 is 23.7 Å². The van der Waals surface area contributed by atoms with Gasteiger partial charge in [-0.2, -0.15) is 0 Å². The van der Waals surface area contributed by atoms with Gasteiger partial charge >= 0.3 is 0 Å². The molecule has 1 atom stereocenters. The van der Waals surface area contributed by atoms with Gasteiger partial charge in [-0.05, 0) is 36.2 Å². The fourth-order valence-electron chi connectivity index (χ4n) is 3.05. The first-order valence-corrected chi connectivity index (χ1v) is 10.8. The Hall–Kier alpha value is -3.46. The van der Waals surface area contributed by atoms with E-state index in [2.05, 4.69) is 15.6 Å². The average Bonchev–Trinajstić information content (AvgIpc) is 3.25. The minimum atomic E-state index is -0.874. The predicted octanol–water partition coefficient (Wildman–Crippen LogP) is 4.36. The SMILES string of the molecule is COc1ccc(OC)c(-c2csc(NC(=O)[C@H](NC(=O)c3ccccc3F)C(C)C)n2)c1. The summed E-state index contributed by atoms with van der Waals surface area (Å²) in [6.07, 6.45) is 0. The molecule has 3 rings (SSSR count). The molecule has 32 heavy (non-hydrogen) atoms. The summed E-state index contributed by atoms with van der Waals surface area (Å²) in [5, 5.41) is 7.50. The maximum absolute atomic E-state index is 13.9. The van der Waals surface area contributed by atoms with Gasteiger partial charge in [-0.15, -0.1) is 11.3 Å². The largest absolute Gasteiger partial charge is 0.497 e. The smallest absolute Gasteiger partial charge is 0.254 e. The summed E-state index contributed by atoms with van der Waals surface area (Å²) in [4.78, 5) is 29.8. The summed E-state index contributed by atoms with van der Waals surface area (Å²) in [7, 11) is 3.13. The number of methoxy groups -OCH3 is 2. The lowest BCUT2D eigenvalue weighted by atomic mass is 10.0. The van der Waals surface area contributed by atoms with E-state index in [-0.39, 0.29) is 11.5 Å². The lowest BCUT2D eigenvalue weighted by Crippen LogP contribution is -2.47. The van der Waals surface area contributed by atoms with Crippen molar-refractivity contribution in [2.75, 3.05) is 19.5 Å². The van der Waals surface area contributed by atoms with Crippen molar-refractivity contribution >= 4 is 28.3 Å². The van der Waals surface area contributed by atoms with Crippen LogP contribution in [0.1, 0.15) is 24.2 Å². The Kier molecular flexibility index (Phi) is 7.42. The highest BCUT2D eigenvalue weighted by molar-refractivity contribution is 7.14. The Balaban J connectivity index is 1.77. The number of hydrogen-bond acceptors (Lipinski definition) is 6. The number of rotatable bonds is 8. The van der Waals surface area contributed by atoms with Gasteiger partial charge in [0.15, 0.2) is 5.13 Å². The zero-order valence-corrected chi connectivity index (χ0v) is 19.0. The number of carbonyl (C=O) groups excluding carboxylic acids is 2. The number of benzene rings is 2. The number of nitrogens with zero attached hydrogens (tertiary/aromatic N) is 1. The summed E-state index contributed by atoms with van der Waals surface area (Å²) in [6, 6.07) is 10.1. The van der Waals surface area contributed by atoms with E-state index in [9.17, 15) is 14.0 Å². The molecular weight excluding hydrogens is 433 g/mol. The molecule has 9 heteroatoms. The van der Waals surface area contributed by atoms with Crippen LogP contribution in [0.2, 0.25) is 0 Å². The van der Waals surface area contributed by atoms with Gasteiger partial charge in [-0.25, -0.2) is 9.37 Å². The highest BCUT2D eigenvalue weighted by Gasteiger charge is 2.26. The molecular formula is C23H24FN3O4S. The van der Waals surface area contributed by atoms with Crippen molar-refractivity contribution in [2.24, 2.45) is 5.92 Å². The molecule has 2 N–H and O–H groups in total. The second kappa shape index (κ2) is 10.2. The van der Waals surface area contributed by atoms with E-state index in [0.29, 0.717) is 22.3 Å². The van der Waals surface area contributed by atoms with Crippen LogP contribution in [-0.4, -0.2) is 37.1 Å². The molecule has 3 aromatic rings. The van der Waals surface area contributed by atoms with Crippen molar-refractivity contribution in [1.82, 2.24) is 10.3 Å². The fraction of sp³-hybridized carbons (Fsp3) is 0.261. The number of thiazole rings is 1. The summed E-state index contributed by atoms with van der Waals surface area (Å²) in [6.45, 7) is 3.58. The number of amides is 2. The first-order valence-electron chi connectivity index (χ1n) is 9.88. The van der Waals surface area contributed by atoms with E-state index in [1.165, 1.54) is 29.5 Å². The number of hydrogen-bond donors (Lipinski definition) is 2. The third-order valence-corrected chi connectivity index (χ3v) is 5.53. The van der Waals surface area contributed by atoms with Gasteiger partial charge in [0.2, 0.25) is 5.91 Å². The van der Waals surface area contributed by atoms with Crippen molar-refractivity contribution in [1.29, 1.82) is 0 Å². The number of ether oxygens (including phenoxy) is 2. The molecule has 0 bridgehead atoms. The minimum Gasteiger partial charge on any atom is -0.497 e. The van der Waals surface area contributed by atoms with Gasteiger partial charge in [0.1, 0.15) is 23.4 Å². The molecule has 0 aliphatic heterocycles. The summed E-state index contributed by atoms with van der Waals surface area (Å²) in [5.41, 5.74) is 1.21. The highest BCUT2D eigenvalue weighted by Crippen LogP contribution is 2.35. The second-order valence-electron chi connectivity index (χ2n) is 7.27. The van der Waals surface area contributed by atoms with Gasteiger partial charge in [0, 0.05) is 10.9 Å². The van der Waals surface area contributed by atoms with Crippen LogP contribution in [0.15, 0.2) is 47.8 Å². The molecule has 2 aromatic carbocycles. The van der Waals surface area contributed by atoms with Gasteiger partial charge in [0.25, 0.3) is 5.91 Å². The molecule has 0 aliphatic rings. The first-order chi connectivity index (χ1) is 15.3. The molecule has 0 unspecified atom stereocenters. The van der Waals surface area contributed by atoms with Crippen LogP contribution >= 0.6 is 11.3 Å². The van der Waals surface area contributed by atoms with Crippen LogP contribution in [0, 0.1) is 11.7 Å². The van der Waals surface area contributed by atoms with E-state index in [4.69, 9.17) is 9.47 Å². The highest BCUT2D eigenvalue weighted by atomic mass is 32.1. The molecule has 0 saturated heterocycles. The molecule has 0 radical (unpaired) electrons. The normalized spacial score (nSPS) is 11.7. The third kappa shape index (κ3) is 5.23. The quantitative estimate of drug-likeness (QED) is 0.525. The van der Waals surface area contributed by atoms with Crippen molar-refractivity contribution in [3.8, 4) is 22.8 Å². The number of nitrogens with one attached hydrogen (secondary N) is 2. The molecule has 0 saturated carbocycles. The van der Waals surface area contributed by atoms with Gasteiger partial charge in [-0.3, -0.25) is 9.59 Å². The van der Waals surface area contributed by atoms with Crippen molar-refractivity contribution in [2.45, 2.75) is 19.9 Å². The Labute approximate surface area is 189 Å². The van der Waals surface area contributed by atoms with Crippen LogP contribution < -0.4 is 20.1 Å². The average molecular weight is 458 g/mol. The topological polar surface area (TPSA) is 89.5 Å². The standard InChI is InChI=1S/C23H24FN3O4S/c1-13(2)20(26-21(28)15-7-5-6-8-17(15)24)22(29)27-23-25-18(12-32-23)16-11-14(30-3)9-10-19(16)31-4/h5-13,20H,1-4H3,(H,26,28)(H,25,27,29)/t20-/m1/s1. The maximum Gasteiger partial charge on any atom is 0.254 e. The van der Waals surface area contributed by atoms with Gasteiger partial charge in [0.05, 0.1) is 25.5 Å². The molecule has 7 nitrogen and oxygen atoms in total. The predicted molar refractivity (Wildman–Crippen MR) is 122 cm³/mol. The zero-order chi connectivity index (χ0) is 23.3. The molecule has 168 valence electrons. The van der Waals surface area contributed by atoms with Crippen molar-refractivity contribution < 1.29 is 23.5 Å². The van der Waals surface area contributed by atoms with Gasteiger partial charge in [-0.1, -0.05) is 26.0 Å². The molecule has 1 heterocycles. The number of anilines is 1. The minimum absolute atomic E-state index is 0.118. The van der Waals surface area contributed by atoms with Crippen LogP contribution in [0.3, 0.4) is 0 Å². The van der Waals surface area contributed by atoms with Crippen LogP contribution in [-0.2, 0) is 4.79 Å². The number of aromatic nitrogens is 1. The van der Waals surface area contributed by atoms with E-state index in [1.54, 1.807) is 57.7 Å². The second-order valence-corrected chi connectivity index (χ2v) is 8.13. The van der Waals surface area contributed by atoms with E-state index in [1.807, 2.05) is 0 Å². The van der Waals surface area contributed by atoms with Crippen LogP contribution in [0.25, 0.3) is 11.3 Å². The number of halogens is 1. The van der Waals surface area contributed by atoms with Crippen LogP contribution in [0.5, 0.6) is 11.5 Å². The number of carbonyl (C=O) groups is 2. The van der Waals surface area contributed by atoms with Crippen molar-refractivity contribution in [3.05, 3.63) is 59.2 Å². The fourth-order valence-corrected chi connectivity index (χ4v) is 3.77. The van der Waals surface area contributed by atoms with E-state index in [0.717, 1.165) is 5.56 Å². The summed E-state index contributed by atoms with van der Waals surface area (Å²) < 4.78 is 24.6. The monoisotopic (exact) mass is 457 g/mol. The lowest BCUT2D eigenvalue weighted by Gasteiger charge is -2.21. The van der Waals surface area contributed by atoms with E-state index >= 15 is 0 Å². The molecule has 0 fully saturated rings. The lowest BCUT2D eigenvalue weighted by molar-refractivity contribution is -0.118. The summed E-state index contributed by atoms with van der Waals surface area (Å²) in [5.74, 6) is -0.712. The van der Waals surface area contributed by atoms with Crippen molar-refractivity contribution in [3.63, 3.8) is 0 Å².